The fourth-order valence-corrected chi connectivity index (χ4v) is 9.00. The maximum Gasteiger partial charge on any atom is 0.187 e. The van der Waals surface area contributed by atoms with Gasteiger partial charge in [0.05, 0.1) is 24.8 Å². The van der Waals surface area contributed by atoms with Crippen molar-refractivity contribution in [3.63, 3.8) is 0 Å². The first-order chi connectivity index (χ1) is 25.3. The van der Waals surface area contributed by atoms with Crippen LogP contribution in [0.3, 0.4) is 0 Å². The van der Waals surface area contributed by atoms with E-state index in [9.17, 15) is 35.7 Å². The number of aliphatic hydroxyl groups is 7. The van der Waals surface area contributed by atoms with E-state index in [0.29, 0.717) is 24.4 Å². The molecule has 53 heavy (non-hydrogen) atoms. The largest absolute Gasteiger partial charge is 0.394 e. The molecular weight excluding hydrogens is 702 g/mol. The first kappa shape index (κ1) is 41.8. The molecule has 20 heteroatoms. The molecule has 22 atom stereocenters. The Hall–Kier alpha value is -0.800. The molecule has 0 bridgehead atoms. The zero-order chi connectivity index (χ0) is 38.1. The van der Waals surface area contributed by atoms with Crippen molar-refractivity contribution < 1.29 is 64.2 Å². The number of nitrogens with one attached hydrogen (secondary N) is 2. The van der Waals surface area contributed by atoms with Gasteiger partial charge in [-0.3, -0.25) is 0 Å². The van der Waals surface area contributed by atoms with Crippen LogP contribution >= 0.6 is 0 Å². The molecule has 6 fully saturated rings. The predicted octanol–water partition coefficient (Wildman–Crippen LogP) is -7.10. The lowest BCUT2D eigenvalue weighted by Gasteiger charge is -2.47. The molecule has 4 heterocycles. The van der Waals surface area contributed by atoms with Gasteiger partial charge in [0.15, 0.2) is 18.9 Å². The molecule has 19 N–H and O–H groups in total. The lowest BCUT2D eigenvalue weighted by Crippen LogP contribution is -2.68. The standard InChI is InChI=1S/C33H63N7O13/c34-8-17-23(43)25(45)20(37)31(48-17)52-29-19(11-41)50-33(27(29)47)53-30-22(42)14(35)7-15(36)28(30)51-32-21(38)26(46)24(44)18(49-32)10-39-6-5-12-9-40-16-4-2-1-3-13(12)16/h12-33,39-47H,1-11,34-38H2/t12?,13?,14-,15+,16?,17?,18-,19-,20-,21-,22+,23-,24-,25-,26-,27-,28-,29-,30-,31-,32-,33+/m1/s1. The summed E-state index contributed by atoms with van der Waals surface area (Å²) in [5, 5.41) is 82.1. The Morgan fingerprint density at radius 2 is 1.26 bits per heavy atom. The van der Waals surface area contributed by atoms with Crippen molar-refractivity contribution >= 4 is 0 Å². The van der Waals surface area contributed by atoms with E-state index in [-0.39, 0.29) is 19.5 Å². The van der Waals surface area contributed by atoms with Crippen LogP contribution in [0.2, 0.25) is 0 Å². The van der Waals surface area contributed by atoms with Gasteiger partial charge in [-0.2, -0.15) is 0 Å². The summed E-state index contributed by atoms with van der Waals surface area (Å²) in [5.74, 6) is 1.25. The van der Waals surface area contributed by atoms with E-state index in [2.05, 4.69) is 10.6 Å². The van der Waals surface area contributed by atoms with Crippen molar-refractivity contribution in [1.82, 2.24) is 10.6 Å². The molecule has 0 amide bonds. The highest BCUT2D eigenvalue weighted by Gasteiger charge is 2.54. The molecule has 4 saturated heterocycles. The number of aliphatic hydroxyl groups excluding tert-OH is 7. The minimum absolute atomic E-state index is 0.105. The molecule has 0 aromatic carbocycles. The van der Waals surface area contributed by atoms with Crippen LogP contribution in [0.5, 0.6) is 0 Å². The molecule has 0 aromatic rings. The molecule has 6 rings (SSSR count). The van der Waals surface area contributed by atoms with Crippen molar-refractivity contribution in [2.45, 2.75) is 161 Å². The molecule has 0 aromatic heterocycles. The highest BCUT2D eigenvalue weighted by molar-refractivity contribution is 5.02. The Balaban J connectivity index is 1.08. The van der Waals surface area contributed by atoms with Crippen LogP contribution in [0, 0.1) is 11.8 Å². The zero-order valence-corrected chi connectivity index (χ0v) is 29.9. The Kier molecular flexibility index (Phi) is 14.4. The molecule has 308 valence electrons. The third-order valence-electron chi connectivity index (χ3n) is 12.2. The van der Waals surface area contributed by atoms with Gasteiger partial charge >= 0.3 is 0 Å². The number of hydrogen-bond donors (Lipinski definition) is 14. The topological polar surface area (TPSA) is 351 Å². The maximum absolute atomic E-state index is 11.3. The van der Waals surface area contributed by atoms with Gasteiger partial charge in [0.1, 0.15) is 67.1 Å². The Labute approximate surface area is 308 Å². The van der Waals surface area contributed by atoms with Gasteiger partial charge in [-0.15, -0.1) is 0 Å². The number of nitrogens with two attached hydrogens (primary N) is 5. The second-order valence-corrected chi connectivity index (χ2v) is 15.7. The molecule has 2 saturated carbocycles. The first-order valence-corrected chi connectivity index (χ1v) is 19.1. The van der Waals surface area contributed by atoms with E-state index < -0.39 is 123 Å². The summed E-state index contributed by atoms with van der Waals surface area (Å²) in [6.45, 7) is 1.10. The van der Waals surface area contributed by atoms with Crippen LogP contribution in [0.25, 0.3) is 0 Å². The molecule has 20 nitrogen and oxygen atoms in total. The second kappa shape index (κ2) is 18.2. The van der Waals surface area contributed by atoms with Gasteiger partial charge in [-0.05, 0) is 50.6 Å². The third-order valence-corrected chi connectivity index (χ3v) is 12.2. The van der Waals surface area contributed by atoms with Crippen LogP contribution in [0.4, 0.5) is 0 Å². The van der Waals surface area contributed by atoms with Gasteiger partial charge in [0, 0.05) is 31.2 Å². The van der Waals surface area contributed by atoms with Crippen molar-refractivity contribution in [2.75, 3.05) is 32.8 Å². The molecule has 4 aliphatic heterocycles. The molecule has 2 aliphatic carbocycles. The van der Waals surface area contributed by atoms with Crippen LogP contribution in [-0.2, 0) is 28.4 Å². The van der Waals surface area contributed by atoms with E-state index in [1.165, 1.54) is 25.7 Å². The smallest absolute Gasteiger partial charge is 0.187 e. The lowest BCUT2D eigenvalue weighted by molar-refractivity contribution is -0.307. The summed E-state index contributed by atoms with van der Waals surface area (Å²) < 4.78 is 35.8. The Morgan fingerprint density at radius 3 is 1.94 bits per heavy atom. The van der Waals surface area contributed by atoms with Gasteiger partial charge in [0.2, 0.25) is 0 Å². The minimum Gasteiger partial charge on any atom is -0.394 e. The predicted molar refractivity (Wildman–Crippen MR) is 184 cm³/mol. The van der Waals surface area contributed by atoms with E-state index in [1.54, 1.807) is 0 Å². The highest BCUT2D eigenvalue weighted by atomic mass is 16.8. The first-order valence-electron chi connectivity index (χ1n) is 19.1. The van der Waals surface area contributed by atoms with Crippen molar-refractivity contribution in [1.29, 1.82) is 0 Å². The summed E-state index contributed by atoms with van der Waals surface area (Å²) in [6.07, 6.45) is -13.5. The molecule has 0 radical (unpaired) electrons. The van der Waals surface area contributed by atoms with E-state index >= 15 is 0 Å². The Bertz CT molecular complexity index is 1160. The summed E-state index contributed by atoms with van der Waals surface area (Å²) in [6, 6.07) is -3.56. The van der Waals surface area contributed by atoms with Crippen molar-refractivity contribution in [2.24, 2.45) is 40.5 Å². The quantitative estimate of drug-likeness (QED) is 0.0774. The van der Waals surface area contributed by atoms with Crippen LogP contribution in [0.1, 0.15) is 38.5 Å². The maximum atomic E-state index is 11.3. The normalized spacial score (nSPS) is 52.1. The van der Waals surface area contributed by atoms with Gasteiger partial charge in [0.25, 0.3) is 0 Å². The summed E-state index contributed by atoms with van der Waals surface area (Å²) in [4.78, 5) is 0. The fourth-order valence-electron chi connectivity index (χ4n) is 9.00. The highest BCUT2D eigenvalue weighted by Crippen LogP contribution is 2.37. The van der Waals surface area contributed by atoms with Gasteiger partial charge in [-0.1, -0.05) is 12.8 Å². The average Bonchev–Trinajstić information content (AvgIpc) is 3.70. The van der Waals surface area contributed by atoms with E-state index in [1.807, 2.05) is 0 Å². The van der Waals surface area contributed by atoms with Gasteiger partial charge < -0.3 is 103 Å². The van der Waals surface area contributed by atoms with E-state index in [0.717, 1.165) is 13.0 Å². The molecule has 6 aliphatic rings. The monoisotopic (exact) mass is 765 g/mol. The second-order valence-electron chi connectivity index (χ2n) is 15.7. The minimum atomic E-state index is -1.60. The summed E-state index contributed by atoms with van der Waals surface area (Å²) in [7, 11) is 0. The lowest BCUT2D eigenvalue weighted by atomic mass is 9.79. The molecule has 4 unspecified atom stereocenters. The van der Waals surface area contributed by atoms with Crippen LogP contribution in [0.15, 0.2) is 0 Å². The number of rotatable bonds is 13. The number of ether oxygens (including phenoxy) is 6. The van der Waals surface area contributed by atoms with E-state index in [4.69, 9.17) is 57.1 Å². The third kappa shape index (κ3) is 8.87. The number of hydrogen-bond acceptors (Lipinski definition) is 20. The SMILES string of the molecule is NCC1O[C@H](O[C@H]2[C@@H](O)[C@H](O[C@@H]3[C@@H](O)[C@H](N)C[C@H](N)[C@H]3O[C@H]3O[C@H](CNCCC4CNC5CCCCC45)[C@@H](O)[C@H](O)[C@H]3N)O[C@@H]2CO)[C@H](N)[C@@H](O)[C@@H]1O. The average molecular weight is 766 g/mol. The molecule has 0 spiro atoms. The van der Waals surface area contributed by atoms with Crippen molar-refractivity contribution in [3.05, 3.63) is 0 Å². The van der Waals surface area contributed by atoms with Crippen LogP contribution < -0.4 is 39.3 Å². The number of fused-ring (bicyclic) bond motifs is 1. The van der Waals surface area contributed by atoms with Gasteiger partial charge in [-0.25, -0.2) is 0 Å². The molecular formula is C33H63N7O13. The van der Waals surface area contributed by atoms with Crippen LogP contribution in [-0.4, -0.2) is 191 Å². The Morgan fingerprint density at radius 1 is 0.660 bits per heavy atom. The summed E-state index contributed by atoms with van der Waals surface area (Å²) in [5.41, 5.74) is 30.7. The summed E-state index contributed by atoms with van der Waals surface area (Å²) >= 11 is 0. The van der Waals surface area contributed by atoms with Crippen molar-refractivity contribution in [3.8, 4) is 0 Å². The fraction of sp³-hybridized carbons (Fsp3) is 1.00. The zero-order valence-electron chi connectivity index (χ0n) is 29.9.